The van der Waals surface area contributed by atoms with Gasteiger partial charge in [-0.1, -0.05) is 29.8 Å². The lowest BCUT2D eigenvalue weighted by atomic mass is 10.2. The largest absolute Gasteiger partial charge is 0.460 e. The summed E-state index contributed by atoms with van der Waals surface area (Å²) in [6, 6.07) is 13.0. The molecule has 4 nitrogen and oxygen atoms in total. The Labute approximate surface area is 127 Å². The number of aryl methyl sites for hydroxylation is 2. The molecular weight excluding hydrogens is 300 g/mol. The maximum Gasteiger partial charge on any atom is 0.213 e. The minimum Gasteiger partial charge on any atom is -0.460 e. The van der Waals surface area contributed by atoms with Crippen LogP contribution in [0.2, 0.25) is 0 Å². The highest BCUT2D eigenvalue weighted by Crippen LogP contribution is 2.24. The molecule has 0 saturated carbocycles. The van der Waals surface area contributed by atoms with E-state index in [0.717, 1.165) is 5.56 Å². The van der Waals surface area contributed by atoms with E-state index in [1.165, 1.54) is 19.1 Å². The van der Waals surface area contributed by atoms with Crippen LogP contribution in [0.4, 0.5) is 0 Å². The van der Waals surface area contributed by atoms with Crippen molar-refractivity contribution in [3.05, 3.63) is 70.1 Å². The van der Waals surface area contributed by atoms with Gasteiger partial charge in [0.15, 0.2) is 4.90 Å². The second-order valence-corrected chi connectivity index (χ2v) is 7.02. The van der Waals surface area contributed by atoms with Crippen LogP contribution in [0.3, 0.4) is 0 Å². The molecule has 22 heavy (non-hydrogen) atoms. The van der Waals surface area contributed by atoms with E-state index in [2.05, 4.69) is 0 Å². The molecule has 5 heteroatoms. The van der Waals surface area contributed by atoms with Gasteiger partial charge in [0.2, 0.25) is 15.3 Å². The van der Waals surface area contributed by atoms with Crippen LogP contribution in [-0.2, 0) is 9.84 Å². The molecule has 1 aromatic heterocycles. The molecule has 0 aliphatic heterocycles. The Kier molecular flexibility index (Phi) is 3.37. The maximum atomic E-state index is 12.8. The van der Waals surface area contributed by atoms with Crippen LogP contribution in [0, 0.1) is 13.8 Å². The molecule has 3 rings (SSSR count). The van der Waals surface area contributed by atoms with Crippen LogP contribution in [-0.4, -0.2) is 8.42 Å². The summed E-state index contributed by atoms with van der Waals surface area (Å²) >= 11 is 0. The fourth-order valence-corrected chi connectivity index (χ4v) is 3.89. The van der Waals surface area contributed by atoms with Crippen molar-refractivity contribution in [3.63, 3.8) is 0 Å². The van der Waals surface area contributed by atoms with Crippen LogP contribution < -0.4 is 5.43 Å². The second kappa shape index (κ2) is 5.10. The molecule has 0 saturated heterocycles. The Morgan fingerprint density at radius 2 is 1.55 bits per heavy atom. The highest BCUT2D eigenvalue weighted by molar-refractivity contribution is 7.91. The first-order chi connectivity index (χ1) is 10.4. The third-order valence-corrected chi connectivity index (χ3v) is 5.42. The van der Waals surface area contributed by atoms with Gasteiger partial charge in [0.1, 0.15) is 11.3 Å². The van der Waals surface area contributed by atoms with E-state index in [-0.39, 0.29) is 20.9 Å². The Morgan fingerprint density at radius 3 is 2.23 bits per heavy atom. The maximum absolute atomic E-state index is 12.8. The van der Waals surface area contributed by atoms with Gasteiger partial charge in [-0.25, -0.2) is 8.42 Å². The van der Waals surface area contributed by atoms with Gasteiger partial charge in [-0.15, -0.1) is 0 Å². The van der Waals surface area contributed by atoms with Crippen LogP contribution >= 0.6 is 0 Å². The lowest BCUT2D eigenvalue weighted by Gasteiger charge is -2.08. The van der Waals surface area contributed by atoms with Gasteiger partial charge in [0.05, 0.1) is 10.3 Å². The first-order valence-corrected chi connectivity index (χ1v) is 8.24. The van der Waals surface area contributed by atoms with Gasteiger partial charge in [-0.2, -0.15) is 0 Å². The number of benzene rings is 2. The lowest BCUT2D eigenvalue weighted by molar-refractivity contribution is 0.535. The monoisotopic (exact) mass is 314 g/mol. The normalized spacial score (nSPS) is 11.7. The SMILES string of the molecule is Cc1ccc(S(=O)(=O)c2c(C)oc3ccccc3c2=O)cc1. The summed E-state index contributed by atoms with van der Waals surface area (Å²) in [4.78, 5) is 12.4. The summed E-state index contributed by atoms with van der Waals surface area (Å²) < 4.78 is 31.1. The summed E-state index contributed by atoms with van der Waals surface area (Å²) in [5, 5.41) is 0.263. The molecule has 3 aromatic rings. The Morgan fingerprint density at radius 1 is 0.909 bits per heavy atom. The van der Waals surface area contributed by atoms with Gasteiger partial charge in [0.25, 0.3) is 0 Å². The molecule has 0 radical (unpaired) electrons. The molecule has 0 bridgehead atoms. The van der Waals surface area contributed by atoms with E-state index in [1.54, 1.807) is 36.4 Å². The summed E-state index contributed by atoms with van der Waals surface area (Å²) in [7, 11) is -3.91. The molecule has 0 spiro atoms. The molecule has 2 aromatic carbocycles. The van der Waals surface area contributed by atoms with Crippen molar-refractivity contribution >= 4 is 20.8 Å². The number of hydrogen-bond acceptors (Lipinski definition) is 4. The number of para-hydroxylation sites is 1. The molecule has 0 aliphatic carbocycles. The standard InChI is InChI=1S/C17H14O4S/c1-11-7-9-13(10-8-11)22(19,20)17-12(2)21-15-6-4-3-5-14(15)16(17)18/h3-10H,1-2H3. The average molecular weight is 314 g/mol. The van der Waals surface area contributed by atoms with Crippen molar-refractivity contribution in [1.29, 1.82) is 0 Å². The summed E-state index contributed by atoms with van der Waals surface area (Å²) in [6.45, 7) is 3.36. The zero-order chi connectivity index (χ0) is 15.9. The smallest absolute Gasteiger partial charge is 0.213 e. The highest BCUT2D eigenvalue weighted by atomic mass is 32.2. The van der Waals surface area contributed by atoms with E-state index >= 15 is 0 Å². The fraction of sp³-hybridized carbons (Fsp3) is 0.118. The predicted octanol–water partition coefficient (Wildman–Crippen LogP) is 3.24. The van der Waals surface area contributed by atoms with Gasteiger partial charge in [-0.3, -0.25) is 4.79 Å². The molecule has 1 heterocycles. The van der Waals surface area contributed by atoms with Crippen molar-refractivity contribution in [3.8, 4) is 0 Å². The summed E-state index contributed by atoms with van der Waals surface area (Å²) in [5.41, 5.74) is 0.800. The zero-order valence-corrected chi connectivity index (χ0v) is 13.0. The van der Waals surface area contributed by atoms with Crippen molar-refractivity contribution in [2.75, 3.05) is 0 Å². The van der Waals surface area contributed by atoms with E-state index in [9.17, 15) is 13.2 Å². The van der Waals surface area contributed by atoms with Crippen molar-refractivity contribution in [2.24, 2.45) is 0 Å². The minimum absolute atomic E-state index is 0.0868. The number of sulfone groups is 1. The first-order valence-electron chi connectivity index (χ1n) is 6.75. The average Bonchev–Trinajstić information content (AvgIpc) is 2.47. The van der Waals surface area contributed by atoms with Gasteiger partial charge in [0, 0.05) is 0 Å². The Balaban J connectivity index is 2.34. The van der Waals surface area contributed by atoms with Gasteiger partial charge < -0.3 is 4.42 Å². The number of fused-ring (bicyclic) bond motifs is 1. The van der Waals surface area contributed by atoms with Crippen LogP contribution in [0.1, 0.15) is 11.3 Å². The fourth-order valence-electron chi connectivity index (χ4n) is 2.38. The zero-order valence-electron chi connectivity index (χ0n) is 12.2. The highest BCUT2D eigenvalue weighted by Gasteiger charge is 2.26. The third-order valence-electron chi connectivity index (χ3n) is 3.52. The van der Waals surface area contributed by atoms with Crippen molar-refractivity contribution < 1.29 is 12.8 Å². The molecule has 0 atom stereocenters. The topological polar surface area (TPSA) is 64.3 Å². The molecule has 0 unspecified atom stereocenters. The molecule has 112 valence electrons. The van der Waals surface area contributed by atoms with Gasteiger partial charge >= 0.3 is 0 Å². The predicted molar refractivity (Wildman–Crippen MR) is 83.9 cm³/mol. The summed E-state index contributed by atoms with van der Waals surface area (Å²) in [5.74, 6) is 0.101. The van der Waals surface area contributed by atoms with E-state index in [4.69, 9.17) is 4.42 Å². The van der Waals surface area contributed by atoms with Crippen LogP contribution in [0.25, 0.3) is 11.0 Å². The number of hydrogen-bond donors (Lipinski definition) is 0. The Hall–Kier alpha value is -2.40. The molecule has 0 N–H and O–H groups in total. The van der Waals surface area contributed by atoms with E-state index in [0.29, 0.717) is 5.58 Å². The van der Waals surface area contributed by atoms with Crippen LogP contribution in [0.5, 0.6) is 0 Å². The number of rotatable bonds is 2. The molecule has 0 aliphatic rings. The molecule has 0 fully saturated rings. The van der Waals surface area contributed by atoms with Crippen molar-refractivity contribution in [1.82, 2.24) is 0 Å². The summed E-state index contributed by atoms with van der Waals surface area (Å²) in [6.07, 6.45) is 0. The minimum atomic E-state index is -3.91. The molecular formula is C17H14O4S. The third kappa shape index (κ3) is 2.23. The van der Waals surface area contributed by atoms with E-state index in [1.807, 2.05) is 6.92 Å². The van der Waals surface area contributed by atoms with Crippen molar-refractivity contribution in [2.45, 2.75) is 23.6 Å². The quantitative estimate of drug-likeness (QED) is 0.728. The first kappa shape index (κ1) is 14.5. The second-order valence-electron chi connectivity index (χ2n) is 5.13. The molecule has 0 amide bonds. The van der Waals surface area contributed by atoms with E-state index < -0.39 is 15.3 Å². The lowest BCUT2D eigenvalue weighted by Crippen LogP contribution is -2.17. The Bertz CT molecular complexity index is 1010. The van der Waals surface area contributed by atoms with Gasteiger partial charge in [-0.05, 0) is 38.1 Å². The van der Waals surface area contributed by atoms with Crippen LogP contribution in [0.15, 0.2) is 67.5 Å².